The minimum atomic E-state index is -0.508. The molecule has 128 valence electrons. The van der Waals surface area contributed by atoms with E-state index < -0.39 is 5.91 Å². The van der Waals surface area contributed by atoms with Crippen molar-refractivity contribution in [2.75, 3.05) is 6.54 Å². The van der Waals surface area contributed by atoms with Crippen molar-refractivity contribution in [2.24, 2.45) is 0 Å². The SMILES string of the molecule is O=C(CNC(=O)c1cn(-c2ccccc2Cl)nn1)NCc1ccco1. The van der Waals surface area contributed by atoms with E-state index in [1.807, 2.05) is 0 Å². The molecule has 0 fully saturated rings. The largest absolute Gasteiger partial charge is 0.467 e. The number of hydrogen-bond acceptors (Lipinski definition) is 5. The van der Waals surface area contributed by atoms with Crippen molar-refractivity contribution in [3.63, 3.8) is 0 Å². The van der Waals surface area contributed by atoms with Gasteiger partial charge in [0.1, 0.15) is 5.76 Å². The maximum absolute atomic E-state index is 12.1. The summed E-state index contributed by atoms with van der Waals surface area (Å²) in [6, 6.07) is 10.5. The zero-order valence-electron chi connectivity index (χ0n) is 13.0. The summed E-state index contributed by atoms with van der Waals surface area (Å²) in [5.74, 6) is -0.225. The van der Waals surface area contributed by atoms with Crippen LogP contribution < -0.4 is 10.6 Å². The lowest BCUT2D eigenvalue weighted by molar-refractivity contribution is -0.120. The number of amides is 2. The Bertz CT molecular complexity index is 876. The predicted molar refractivity (Wildman–Crippen MR) is 89.3 cm³/mol. The Morgan fingerprint density at radius 1 is 1.16 bits per heavy atom. The summed E-state index contributed by atoms with van der Waals surface area (Å²) in [5.41, 5.74) is 0.686. The first-order valence-electron chi connectivity index (χ1n) is 7.38. The molecule has 0 aliphatic rings. The van der Waals surface area contributed by atoms with Crippen molar-refractivity contribution in [1.29, 1.82) is 0 Å². The molecule has 0 unspecified atom stereocenters. The van der Waals surface area contributed by atoms with E-state index in [9.17, 15) is 9.59 Å². The van der Waals surface area contributed by atoms with Crippen LogP contribution in [0.5, 0.6) is 0 Å². The number of para-hydroxylation sites is 1. The number of nitrogens with one attached hydrogen (secondary N) is 2. The molecule has 0 bridgehead atoms. The molecule has 0 radical (unpaired) electrons. The molecule has 2 amide bonds. The maximum atomic E-state index is 12.1. The molecule has 2 N–H and O–H groups in total. The Hall–Kier alpha value is -3.13. The first-order valence-corrected chi connectivity index (χ1v) is 7.76. The summed E-state index contributed by atoms with van der Waals surface area (Å²) >= 11 is 6.08. The zero-order valence-corrected chi connectivity index (χ0v) is 13.7. The summed E-state index contributed by atoms with van der Waals surface area (Å²) < 4.78 is 6.50. The third-order valence-electron chi connectivity index (χ3n) is 3.27. The van der Waals surface area contributed by atoms with Gasteiger partial charge in [-0.3, -0.25) is 9.59 Å². The highest BCUT2D eigenvalue weighted by atomic mass is 35.5. The summed E-state index contributed by atoms with van der Waals surface area (Å²) in [6.45, 7) is 0.0723. The van der Waals surface area contributed by atoms with E-state index >= 15 is 0 Å². The van der Waals surface area contributed by atoms with E-state index in [2.05, 4.69) is 20.9 Å². The van der Waals surface area contributed by atoms with Crippen molar-refractivity contribution in [3.8, 4) is 5.69 Å². The normalized spacial score (nSPS) is 10.4. The van der Waals surface area contributed by atoms with Gasteiger partial charge in [-0.25, -0.2) is 4.68 Å². The van der Waals surface area contributed by atoms with Crippen LogP contribution in [0.1, 0.15) is 16.2 Å². The number of furan rings is 1. The van der Waals surface area contributed by atoms with Gasteiger partial charge in [0.25, 0.3) is 5.91 Å². The molecule has 25 heavy (non-hydrogen) atoms. The topological polar surface area (TPSA) is 102 Å². The molecule has 3 rings (SSSR count). The minimum Gasteiger partial charge on any atom is -0.467 e. The monoisotopic (exact) mass is 359 g/mol. The van der Waals surface area contributed by atoms with Crippen molar-refractivity contribution < 1.29 is 14.0 Å². The number of carbonyl (C=O) groups excluding carboxylic acids is 2. The van der Waals surface area contributed by atoms with Crippen LogP contribution >= 0.6 is 11.6 Å². The molecule has 0 atom stereocenters. The Kier molecular flexibility index (Phi) is 5.10. The van der Waals surface area contributed by atoms with Crippen molar-refractivity contribution >= 4 is 23.4 Å². The number of aromatic nitrogens is 3. The highest BCUT2D eigenvalue weighted by molar-refractivity contribution is 6.32. The van der Waals surface area contributed by atoms with Crippen LogP contribution in [0.4, 0.5) is 0 Å². The lowest BCUT2D eigenvalue weighted by Gasteiger charge is -2.04. The molecule has 2 aromatic heterocycles. The minimum absolute atomic E-state index is 0.0822. The van der Waals surface area contributed by atoms with Crippen LogP contribution in [0.15, 0.2) is 53.3 Å². The molecule has 0 saturated heterocycles. The lowest BCUT2D eigenvalue weighted by Crippen LogP contribution is -2.36. The predicted octanol–water partition coefficient (Wildman–Crippen LogP) is 1.56. The third kappa shape index (κ3) is 4.24. The van der Waals surface area contributed by atoms with E-state index in [-0.39, 0.29) is 24.7 Å². The second-order valence-corrected chi connectivity index (χ2v) is 5.45. The average Bonchev–Trinajstić information content (AvgIpc) is 3.30. The third-order valence-corrected chi connectivity index (χ3v) is 3.59. The zero-order chi connectivity index (χ0) is 17.6. The number of rotatable bonds is 6. The number of hydrogen-bond donors (Lipinski definition) is 2. The first-order chi connectivity index (χ1) is 12.1. The first kappa shape index (κ1) is 16.7. The van der Waals surface area contributed by atoms with Gasteiger partial charge in [-0.1, -0.05) is 28.9 Å². The highest BCUT2D eigenvalue weighted by Gasteiger charge is 2.14. The van der Waals surface area contributed by atoms with Gasteiger partial charge in [0, 0.05) is 0 Å². The van der Waals surface area contributed by atoms with Crippen LogP contribution in [-0.2, 0) is 11.3 Å². The van der Waals surface area contributed by atoms with Gasteiger partial charge in [-0.2, -0.15) is 0 Å². The molecule has 0 spiro atoms. The molecule has 2 heterocycles. The van der Waals surface area contributed by atoms with Gasteiger partial charge in [-0.05, 0) is 24.3 Å². The fraction of sp³-hybridized carbons (Fsp3) is 0.125. The van der Waals surface area contributed by atoms with Gasteiger partial charge in [0.2, 0.25) is 5.91 Å². The second kappa shape index (κ2) is 7.63. The smallest absolute Gasteiger partial charge is 0.273 e. The van der Waals surface area contributed by atoms with Crippen LogP contribution in [-0.4, -0.2) is 33.4 Å². The fourth-order valence-corrected chi connectivity index (χ4v) is 2.26. The molecule has 8 nitrogen and oxygen atoms in total. The van der Waals surface area contributed by atoms with Gasteiger partial charge in [0.15, 0.2) is 5.69 Å². The number of nitrogens with zero attached hydrogens (tertiary/aromatic N) is 3. The molecular formula is C16H14ClN5O3. The van der Waals surface area contributed by atoms with Crippen LogP contribution in [0.25, 0.3) is 5.69 Å². The Morgan fingerprint density at radius 2 is 2.00 bits per heavy atom. The Balaban J connectivity index is 1.53. The lowest BCUT2D eigenvalue weighted by atomic mass is 10.3. The van der Waals surface area contributed by atoms with Crippen LogP contribution in [0.2, 0.25) is 5.02 Å². The summed E-state index contributed by atoms with van der Waals surface area (Å²) in [4.78, 5) is 23.8. The molecule has 0 aliphatic carbocycles. The summed E-state index contributed by atoms with van der Waals surface area (Å²) in [5, 5.41) is 13.3. The molecular weight excluding hydrogens is 346 g/mol. The molecule has 0 saturated carbocycles. The van der Waals surface area contributed by atoms with Crippen molar-refractivity contribution in [3.05, 3.63) is 65.3 Å². The van der Waals surface area contributed by atoms with Gasteiger partial charge < -0.3 is 15.1 Å². The van der Waals surface area contributed by atoms with E-state index in [0.29, 0.717) is 16.5 Å². The maximum Gasteiger partial charge on any atom is 0.273 e. The van der Waals surface area contributed by atoms with E-state index in [4.69, 9.17) is 16.0 Å². The molecule has 0 aliphatic heterocycles. The van der Waals surface area contributed by atoms with Gasteiger partial charge >= 0.3 is 0 Å². The molecule has 9 heteroatoms. The van der Waals surface area contributed by atoms with Crippen molar-refractivity contribution in [2.45, 2.75) is 6.54 Å². The van der Waals surface area contributed by atoms with E-state index in [1.54, 1.807) is 36.4 Å². The van der Waals surface area contributed by atoms with Crippen LogP contribution in [0, 0.1) is 0 Å². The van der Waals surface area contributed by atoms with E-state index in [0.717, 1.165) is 0 Å². The number of halogens is 1. The molecule has 3 aromatic rings. The highest BCUT2D eigenvalue weighted by Crippen LogP contribution is 2.18. The Morgan fingerprint density at radius 3 is 2.76 bits per heavy atom. The van der Waals surface area contributed by atoms with E-state index in [1.165, 1.54) is 17.1 Å². The second-order valence-electron chi connectivity index (χ2n) is 5.04. The Labute approximate surface area is 147 Å². The summed E-state index contributed by atoms with van der Waals surface area (Å²) in [7, 11) is 0. The summed E-state index contributed by atoms with van der Waals surface area (Å²) in [6.07, 6.45) is 2.96. The van der Waals surface area contributed by atoms with Gasteiger partial charge in [-0.15, -0.1) is 5.10 Å². The quantitative estimate of drug-likeness (QED) is 0.695. The fourth-order valence-electron chi connectivity index (χ4n) is 2.04. The number of carbonyl (C=O) groups is 2. The van der Waals surface area contributed by atoms with Crippen LogP contribution in [0.3, 0.4) is 0 Å². The van der Waals surface area contributed by atoms with Gasteiger partial charge in [0.05, 0.1) is 36.3 Å². The standard InChI is InChI=1S/C16H14ClN5O3/c17-12-5-1-2-6-14(12)22-10-13(20-21-22)16(24)19-9-15(23)18-8-11-4-3-7-25-11/h1-7,10H,8-9H2,(H,18,23)(H,19,24). The van der Waals surface area contributed by atoms with Crippen molar-refractivity contribution in [1.82, 2.24) is 25.6 Å². The number of benzene rings is 1. The molecule has 1 aromatic carbocycles. The average molecular weight is 360 g/mol.